The van der Waals surface area contributed by atoms with E-state index in [1.165, 1.54) is 43.5 Å². The molecule has 1 aliphatic heterocycles. The summed E-state index contributed by atoms with van der Waals surface area (Å²) in [4.78, 5) is 23.8. The van der Waals surface area contributed by atoms with Gasteiger partial charge in [0.25, 0.3) is 0 Å². The molecule has 0 saturated carbocycles. The zero-order valence-corrected chi connectivity index (χ0v) is 16.8. The fraction of sp³-hybridized carbons (Fsp3) is 0.333. The molecule has 11 nitrogen and oxygen atoms in total. The van der Waals surface area contributed by atoms with Crippen LogP contribution in [0.25, 0.3) is 0 Å². The number of hydrogen-bond acceptors (Lipinski definition) is 11. The highest BCUT2D eigenvalue weighted by molar-refractivity contribution is 5.90. The Kier molecular flexibility index (Phi) is 7.15. The van der Waals surface area contributed by atoms with Crippen molar-refractivity contribution in [3.05, 3.63) is 53.6 Å². The first-order valence-electron chi connectivity index (χ1n) is 9.45. The molecule has 3 rings (SSSR count). The quantitative estimate of drug-likeness (QED) is 0.373. The van der Waals surface area contributed by atoms with Crippen LogP contribution in [0.3, 0.4) is 0 Å². The van der Waals surface area contributed by atoms with Crippen LogP contribution in [0.5, 0.6) is 17.2 Å². The molecular formula is C21H22O11. The van der Waals surface area contributed by atoms with Crippen molar-refractivity contribution in [1.29, 1.82) is 0 Å². The van der Waals surface area contributed by atoms with Crippen LogP contribution in [0.2, 0.25) is 0 Å². The number of phenols is 2. The number of aliphatic hydroxyl groups excluding tert-OH is 3. The molecule has 0 bridgehead atoms. The number of benzene rings is 2. The van der Waals surface area contributed by atoms with Gasteiger partial charge in [-0.15, -0.1) is 0 Å². The summed E-state index contributed by atoms with van der Waals surface area (Å²) in [6.07, 6.45) is -7.94. The number of methoxy groups -OCH3 is 1. The number of ether oxygens (including phenoxy) is 4. The van der Waals surface area contributed by atoms with Gasteiger partial charge in [-0.1, -0.05) is 0 Å². The number of aromatic hydroxyl groups is 2. The number of rotatable bonds is 6. The highest BCUT2D eigenvalue weighted by Gasteiger charge is 2.45. The fourth-order valence-corrected chi connectivity index (χ4v) is 2.97. The summed E-state index contributed by atoms with van der Waals surface area (Å²) < 4.78 is 20.5. The maximum atomic E-state index is 12.1. The van der Waals surface area contributed by atoms with Gasteiger partial charge in [-0.05, 0) is 42.5 Å². The van der Waals surface area contributed by atoms with Gasteiger partial charge in [0.05, 0.1) is 18.2 Å². The highest BCUT2D eigenvalue weighted by Crippen LogP contribution is 2.31. The lowest BCUT2D eigenvalue weighted by Crippen LogP contribution is -2.60. The lowest BCUT2D eigenvalue weighted by atomic mass is 9.99. The Morgan fingerprint density at radius 3 is 2.22 bits per heavy atom. The van der Waals surface area contributed by atoms with Crippen LogP contribution in [0.1, 0.15) is 20.7 Å². The molecule has 1 aliphatic rings. The molecule has 172 valence electrons. The maximum Gasteiger partial charge on any atom is 0.338 e. The zero-order chi connectivity index (χ0) is 23.4. The van der Waals surface area contributed by atoms with Crippen molar-refractivity contribution in [1.82, 2.24) is 0 Å². The van der Waals surface area contributed by atoms with E-state index in [-0.39, 0.29) is 28.4 Å². The molecule has 0 radical (unpaired) electrons. The van der Waals surface area contributed by atoms with Crippen molar-refractivity contribution in [2.75, 3.05) is 13.7 Å². The van der Waals surface area contributed by atoms with Crippen LogP contribution < -0.4 is 4.74 Å². The minimum absolute atomic E-state index is 0.0378. The van der Waals surface area contributed by atoms with Gasteiger partial charge in [0.2, 0.25) is 6.29 Å². The Morgan fingerprint density at radius 1 is 0.906 bits per heavy atom. The summed E-state index contributed by atoms with van der Waals surface area (Å²) in [5.74, 6) is -2.15. The topological polar surface area (TPSA) is 172 Å². The van der Waals surface area contributed by atoms with Crippen molar-refractivity contribution >= 4 is 11.9 Å². The van der Waals surface area contributed by atoms with E-state index in [0.717, 1.165) is 6.07 Å². The molecule has 5 N–H and O–H groups in total. The molecule has 32 heavy (non-hydrogen) atoms. The minimum Gasteiger partial charge on any atom is -0.508 e. The van der Waals surface area contributed by atoms with Gasteiger partial charge in [0.1, 0.15) is 36.8 Å². The minimum atomic E-state index is -1.73. The van der Waals surface area contributed by atoms with Gasteiger partial charge < -0.3 is 44.5 Å². The highest BCUT2D eigenvalue weighted by atomic mass is 16.7. The van der Waals surface area contributed by atoms with Crippen LogP contribution in [-0.2, 0) is 14.2 Å². The largest absolute Gasteiger partial charge is 0.508 e. The van der Waals surface area contributed by atoms with Crippen molar-refractivity contribution in [3.63, 3.8) is 0 Å². The first-order chi connectivity index (χ1) is 15.2. The SMILES string of the molecule is COC(=O)c1ccc(O)c(O[C@@H]2O[C@H](COC(=O)c3ccc(O)cc3)[C@@H](O)[C@H](O)[C@H]2O)c1. The van der Waals surface area contributed by atoms with Crippen LogP contribution in [-0.4, -0.2) is 81.9 Å². The average Bonchev–Trinajstić information content (AvgIpc) is 2.79. The van der Waals surface area contributed by atoms with E-state index in [1.54, 1.807) is 0 Å². The second-order valence-corrected chi connectivity index (χ2v) is 6.95. The van der Waals surface area contributed by atoms with E-state index in [9.17, 15) is 35.1 Å². The monoisotopic (exact) mass is 450 g/mol. The van der Waals surface area contributed by atoms with Crippen molar-refractivity contribution in [2.24, 2.45) is 0 Å². The third-order valence-corrected chi connectivity index (χ3v) is 4.77. The van der Waals surface area contributed by atoms with E-state index in [0.29, 0.717) is 0 Å². The summed E-state index contributed by atoms with van der Waals surface area (Å²) in [6, 6.07) is 8.85. The second kappa shape index (κ2) is 9.83. The molecule has 5 atom stereocenters. The third-order valence-electron chi connectivity index (χ3n) is 4.77. The van der Waals surface area contributed by atoms with Crippen LogP contribution in [0, 0.1) is 0 Å². The zero-order valence-electron chi connectivity index (χ0n) is 16.8. The number of carbonyl (C=O) groups is 2. The smallest absolute Gasteiger partial charge is 0.338 e. The summed E-state index contributed by atoms with van der Waals surface area (Å²) in [5, 5.41) is 49.8. The van der Waals surface area contributed by atoms with E-state index in [4.69, 9.17) is 14.2 Å². The molecule has 1 fully saturated rings. The Morgan fingerprint density at radius 2 is 1.56 bits per heavy atom. The lowest BCUT2D eigenvalue weighted by molar-refractivity contribution is -0.277. The van der Waals surface area contributed by atoms with Gasteiger partial charge in [-0.3, -0.25) is 0 Å². The van der Waals surface area contributed by atoms with Gasteiger partial charge in [0.15, 0.2) is 11.5 Å². The summed E-state index contributed by atoms with van der Waals surface area (Å²) in [7, 11) is 1.17. The first kappa shape index (κ1) is 23.3. The number of esters is 2. The predicted octanol–water partition coefficient (Wildman–Crippen LogP) is -0.0722. The Bertz CT molecular complexity index is 959. The van der Waals surface area contributed by atoms with Gasteiger partial charge in [-0.2, -0.15) is 0 Å². The Balaban J connectivity index is 1.70. The van der Waals surface area contributed by atoms with Crippen molar-refractivity contribution in [3.8, 4) is 17.2 Å². The van der Waals surface area contributed by atoms with Gasteiger partial charge in [-0.25, -0.2) is 9.59 Å². The van der Waals surface area contributed by atoms with Crippen LogP contribution >= 0.6 is 0 Å². The molecule has 2 aromatic rings. The van der Waals surface area contributed by atoms with Crippen LogP contribution in [0.15, 0.2) is 42.5 Å². The molecule has 0 amide bonds. The van der Waals surface area contributed by atoms with E-state index in [2.05, 4.69) is 4.74 Å². The Labute approximate surface area is 182 Å². The first-order valence-corrected chi connectivity index (χ1v) is 9.45. The summed E-state index contributed by atoms with van der Waals surface area (Å²) >= 11 is 0. The van der Waals surface area contributed by atoms with E-state index in [1.807, 2.05) is 0 Å². The third kappa shape index (κ3) is 5.08. The summed E-state index contributed by atoms with van der Waals surface area (Å²) in [5.41, 5.74) is 0.177. The van der Waals surface area contributed by atoms with Gasteiger partial charge in [0, 0.05) is 0 Å². The number of hydrogen-bond donors (Lipinski definition) is 5. The molecule has 1 saturated heterocycles. The normalized spacial score (nSPS) is 25.1. The number of carbonyl (C=O) groups excluding carboxylic acids is 2. The average molecular weight is 450 g/mol. The van der Waals surface area contributed by atoms with Crippen molar-refractivity contribution < 1.29 is 54.1 Å². The Hall–Kier alpha value is -3.38. The standard InChI is InChI=1S/C21H22O11/c1-29-19(27)11-4-7-13(23)14(8-11)31-21-18(26)17(25)16(24)15(32-21)9-30-20(28)10-2-5-12(22)6-3-10/h2-8,15-18,21-26H,9H2,1H3/t15-,16-,17+,18-,21-/m1/s1. The van der Waals surface area contributed by atoms with E-state index >= 15 is 0 Å². The van der Waals surface area contributed by atoms with Gasteiger partial charge >= 0.3 is 11.9 Å². The molecule has 1 heterocycles. The number of phenolic OH excluding ortho intramolecular Hbond substituents is 2. The molecule has 0 aromatic heterocycles. The van der Waals surface area contributed by atoms with Crippen molar-refractivity contribution in [2.45, 2.75) is 30.7 Å². The lowest BCUT2D eigenvalue weighted by Gasteiger charge is -2.39. The predicted molar refractivity (Wildman–Crippen MR) is 105 cm³/mol. The molecule has 2 aromatic carbocycles. The fourth-order valence-electron chi connectivity index (χ4n) is 2.97. The molecular weight excluding hydrogens is 428 g/mol. The number of aliphatic hydroxyl groups is 3. The van der Waals surface area contributed by atoms with Crippen LogP contribution in [0.4, 0.5) is 0 Å². The van der Waals surface area contributed by atoms with E-state index < -0.39 is 49.3 Å². The molecule has 0 spiro atoms. The molecule has 11 heteroatoms. The molecule has 0 unspecified atom stereocenters. The summed E-state index contributed by atoms with van der Waals surface area (Å²) in [6.45, 7) is -0.501. The second-order valence-electron chi connectivity index (χ2n) is 6.95. The maximum absolute atomic E-state index is 12.1. The molecule has 0 aliphatic carbocycles.